The van der Waals surface area contributed by atoms with Crippen LogP contribution in [-0.4, -0.2) is 5.78 Å². The van der Waals surface area contributed by atoms with E-state index in [9.17, 15) is 4.79 Å². The zero-order valence-electron chi connectivity index (χ0n) is 8.50. The van der Waals surface area contributed by atoms with Crippen molar-refractivity contribution < 1.29 is 4.79 Å². The van der Waals surface area contributed by atoms with Crippen molar-refractivity contribution in [3.63, 3.8) is 0 Å². The maximum atomic E-state index is 11.6. The Morgan fingerprint density at radius 3 is 2.40 bits per heavy atom. The van der Waals surface area contributed by atoms with Crippen LogP contribution >= 0.6 is 22.6 Å². The number of hydrogen-bond donors (Lipinski definition) is 0. The van der Waals surface area contributed by atoms with Gasteiger partial charge in [-0.2, -0.15) is 0 Å². The van der Waals surface area contributed by atoms with Gasteiger partial charge in [-0.25, -0.2) is 0 Å². The lowest BCUT2D eigenvalue weighted by Crippen LogP contribution is -2.07. The summed E-state index contributed by atoms with van der Waals surface area (Å²) >= 11 is 2.28. The van der Waals surface area contributed by atoms with Gasteiger partial charge in [0.1, 0.15) is 0 Å². The highest BCUT2D eigenvalue weighted by atomic mass is 127. The van der Waals surface area contributed by atoms with E-state index in [1.165, 1.54) is 3.57 Å². The van der Waals surface area contributed by atoms with Crippen molar-refractivity contribution >= 4 is 34.5 Å². The number of carbonyl (C=O) groups is 1. The highest BCUT2D eigenvalue weighted by molar-refractivity contribution is 14.1. The Morgan fingerprint density at radius 1 is 1.07 bits per heavy atom. The SMILES string of the molecule is O=C1CCCC/C1=C/c1ccc(I)cc1. The molecule has 0 saturated heterocycles. The number of halogens is 1. The van der Waals surface area contributed by atoms with Crippen LogP contribution in [0.15, 0.2) is 29.8 Å². The van der Waals surface area contributed by atoms with Gasteiger partial charge < -0.3 is 0 Å². The van der Waals surface area contributed by atoms with Crippen molar-refractivity contribution in [1.29, 1.82) is 0 Å². The smallest absolute Gasteiger partial charge is 0.158 e. The Hall–Kier alpha value is -0.640. The minimum absolute atomic E-state index is 0.333. The third kappa shape index (κ3) is 2.91. The topological polar surface area (TPSA) is 17.1 Å². The predicted molar refractivity (Wildman–Crippen MR) is 70.6 cm³/mol. The van der Waals surface area contributed by atoms with Gasteiger partial charge in [0, 0.05) is 9.99 Å². The van der Waals surface area contributed by atoms with Crippen LogP contribution in [0, 0.1) is 3.57 Å². The van der Waals surface area contributed by atoms with Gasteiger partial charge in [0.15, 0.2) is 5.78 Å². The summed E-state index contributed by atoms with van der Waals surface area (Å²) in [4.78, 5) is 11.6. The lowest BCUT2D eigenvalue weighted by atomic mass is 9.92. The zero-order chi connectivity index (χ0) is 10.7. The third-order valence-corrected chi connectivity index (χ3v) is 3.39. The molecular weight excluding hydrogens is 299 g/mol. The van der Waals surface area contributed by atoms with E-state index >= 15 is 0 Å². The minimum Gasteiger partial charge on any atom is -0.295 e. The summed E-state index contributed by atoms with van der Waals surface area (Å²) in [5.74, 6) is 0.333. The first kappa shape index (κ1) is 10.9. The number of carbonyl (C=O) groups excluding carboxylic acids is 1. The van der Waals surface area contributed by atoms with Gasteiger partial charge in [-0.05, 0) is 71.2 Å². The Labute approximate surface area is 104 Å². The molecule has 15 heavy (non-hydrogen) atoms. The summed E-state index contributed by atoms with van der Waals surface area (Å²) in [6, 6.07) is 8.27. The first-order valence-corrected chi connectivity index (χ1v) is 6.33. The number of rotatable bonds is 1. The highest BCUT2D eigenvalue weighted by Crippen LogP contribution is 2.22. The summed E-state index contributed by atoms with van der Waals surface area (Å²) in [6.45, 7) is 0. The Morgan fingerprint density at radius 2 is 1.73 bits per heavy atom. The molecule has 1 saturated carbocycles. The first-order chi connectivity index (χ1) is 7.25. The molecule has 2 heteroatoms. The van der Waals surface area contributed by atoms with Gasteiger partial charge in [0.2, 0.25) is 0 Å². The van der Waals surface area contributed by atoms with Gasteiger partial charge in [-0.15, -0.1) is 0 Å². The highest BCUT2D eigenvalue weighted by Gasteiger charge is 2.14. The van der Waals surface area contributed by atoms with Crippen LogP contribution in [0.25, 0.3) is 6.08 Å². The van der Waals surface area contributed by atoms with Crippen LogP contribution in [-0.2, 0) is 4.79 Å². The summed E-state index contributed by atoms with van der Waals surface area (Å²) in [6.07, 6.45) is 5.93. The van der Waals surface area contributed by atoms with E-state index in [1.54, 1.807) is 0 Å². The fourth-order valence-corrected chi connectivity index (χ4v) is 2.17. The van der Waals surface area contributed by atoms with Gasteiger partial charge in [-0.3, -0.25) is 4.79 Å². The van der Waals surface area contributed by atoms with Crippen LogP contribution in [0.2, 0.25) is 0 Å². The number of ketones is 1. The standard InChI is InChI=1S/C13H13IO/c14-12-7-5-10(6-8-12)9-11-3-1-2-4-13(11)15/h5-9H,1-4H2/b11-9-. The average molecular weight is 312 g/mol. The summed E-state index contributed by atoms with van der Waals surface area (Å²) in [7, 11) is 0. The maximum Gasteiger partial charge on any atom is 0.158 e. The summed E-state index contributed by atoms with van der Waals surface area (Å²) in [5, 5.41) is 0. The van der Waals surface area contributed by atoms with Crippen LogP contribution in [0.3, 0.4) is 0 Å². The second-order valence-electron chi connectivity index (χ2n) is 3.85. The van der Waals surface area contributed by atoms with Gasteiger partial charge in [-0.1, -0.05) is 12.1 Å². The van der Waals surface area contributed by atoms with E-state index in [0.717, 1.165) is 36.8 Å². The molecule has 0 heterocycles. The van der Waals surface area contributed by atoms with Gasteiger partial charge >= 0.3 is 0 Å². The fourth-order valence-electron chi connectivity index (χ4n) is 1.81. The first-order valence-electron chi connectivity index (χ1n) is 5.25. The Balaban J connectivity index is 2.21. The van der Waals surface area contributed by atoms with E-state index in [1.807, 2.05) is 6.08 Å². The van der Waals surface area contributed by atoms with E-state index in [2.05, 4.69) is 46.9 Å². The van der Waals surface area contributed by atoms with E-state index in [4.69, 9.17) is 0 Å². The molecule has 1 aliphatic carbocycles. The number of allylic oxidation sites excluding steroid dienone is 1. The van der Waals surface area contributed by atoms with Crippen molar-refractivity contribution in [2.45, 2.75) is 25.7 Å². The molecule has 0 spiro atoms. The van der Waals surface area contributed by atoms with Crippen molar-refractivity contribution in [3.8, 4) is 0 Å². The molecular formula is C13H13IO. The molecule has 0 unspecified atom stereocenters. The van der Waals surface area contributed by atoms with Gasteiger partial charge in [0.05, 0.1) is 0 Å². The molecule has 1 nitrogen and oxygen atoms in total. The van der Waals surface area contributed by atoms with Gasteiger partial charge in [0.25, 0.3) is 0 Å². The quantitative estimate of drug-likeness (QED) is 0.569. The minimum atomic E-state index is 0.333. The molecule has 1 aromatic carbocycles. The average Bonchev–Trinajstić information content (AvgIpc) is 2.25. The molecule has 0 atom stereocenters. The zero-order valence-corrected chi connectivity index (χ0v) is 10.7. The van der Waals surface area contributed by atoms with E-state index < -0.39 is 0 Å². The molecule has 0 aliphatic heterocycles. The van der Waals surface area contributed by atoms with Crippen LogP contribution in [0.1, 0.15) is 31.2 Å². The van der Waals surface area contributed by atoms with Crippen molar-refractivity contribution in [2.24, 2.45) is 0 Å². The molecule has 2 rings (SSSR count). The second kappa shape index (κ2) is 4.92. The van der Waals surface area contributed by atoms with Crippen molar-refractivity contribution in [3.05, 3.63) is 39.0 Å². The normalized spacial score (nSPS) is 19.5. The predicted octanol–water partition coefficient (Wildman–Crippen LogP) is 3.82. The lowest BCUT2D eigenvalue weighted by Gasteiger charge is -2.12. The molecule has 1 aliphatic rings. The molecule has 0 radical (unpaired) electrons. The van der Waals surface area contributed by atoms with Crippen molar-refractivity contribution in [2.75, 3.05) is 0 Å². The van der Waals surface area contributed by atoms with Crippen LogP contribution in [0.5, 0.6) is 0 Å². The van der Waals surface area contributed by atoms with Crippen LogP contribution < -0.4 is 0 Å². The molecule has 0 N–H and O–H groups in total. The number of Topliss-reactive ketones (excluding diaryl/α,β-unsaturated/α-hetero) is 1. The molecule has 78 valence electrons. The summed E-state index contributed by atoms with van der Waals surface area (Å²) < 4.78 is 1.23. The number of benzene rings is 1. The molecule has 1 fully saturated rings. The van der Waals surface area contributed by atoms with Crippen molar-refractivity contribution in [1.82, 2.24) is 0 Å². The third-order valence-electron chi connectivity index (χ3n) is 2.67. The van der Waals surface area contributed by atoms with E-state index in [0.29, 0.717) is 5.78 Å². The Bertz CT molecular complexity index is 390. The van der Waals surface area contributed by atoms with Crippen LogP contribution in [0.4, 0.5) is 0 Å². The second-order valence-corrected chi connectivity index (χ2v) is 5.10. The Kier molecular flexibility index (Phi) is 3.57. The largest absolute Gasteiger partial charge is 0.295 e. The maximum absolute atomic E-state index is 11.6. The molecule has 1 aromatic rings. The number of hydrogen-bond acceptors (Lipinski definition) is 1. The molecule has 0 amide bonds. The monoisotopic (exact) mass is 312 g/mol. The lowest BCUT2D eigenvalue weighted by molar-refractivity contribution is -0.116. The molecule has 0 bridgehead atoms. The fraction of sp³-hybridized carbons (Fsp3) is 0.308. The summed E-state index contributed by atoms with van der Waals surface area (Å²) in [5.41, 5.74) is 2.14. The van der Waals surface area contributed by atoms with E-state index in [-0.39, 0.29) is 0 Å². The molecule has 0 aromatic heterocycles.